The van der Waals surface area contributed by atoms with Crippen LogP contribution >= 0.6 is 23.4 Å². The maximum atomic E-state index is 10.9. The number of rotatable bonds is 15. The summed E-state index contributed by atoms with van der Waals surface area (Å²) in [6.45, 7) is 5.99. The minimum Gasteiger partial charge on any atom is -0.488 e. The molecule has 5 rings (SSSR count). The zero-order valence-corrected chi connectivity index (χ0v) is 27.3. The molecule has 1 unspecified atom stereocenters. The quantitative estimate of drug-likeness (QED) is 0.119. The van der Waals surface area contributed by atoms with E-state index in [1.54, 1.807) is 18.5 Å². The molecule has 3 N–H and O–H groups in total. The van der Waals surface area contributed by atoms with Crippen LogP contribution in [0.25, 0.3) is 11.1 Å². The predicted octanol–water partition coefficient (Wildman–Crippen LogP) is 6.68. The number of fused-ring (bicyclic) bond motifs is 1. The zero-order valence-electron chi connectivity index (χ0n) is 25.8. The maximum Gasteiger partial charge on any atom is 0.304 e. The molecule has 46 heavy (non-hydrogen) atoms. The minimum atomic E-state index is -0.833. The number of nitrogens with zero attached hydrogens (tertiary/aromatic N) is 1. The first-order valence-electron chi connectivity index (χ1n) is 15.0. The number of hydrogen-bond acceptors (Lipinski definition) is 9. The molecule has 4 aromatic rings. The molecule has 0 aliphatic carbocycles. The lowest BCUT2D eigenvalue weighted by atomic mass is 9.96. The molecule has 1 aliphatic heterocycles. The van der Waals surface area contributed by atoms with Gasteiger partial charge in [-0.2, -0.15) is 0 Å². The molecule has 3 aromatic carbocycles. The van der Waals surface area contributed by atoms with Crippen molar-refractivity contribution >= 4 is 29.3 Å². The van der Waals surface area contributed by atoms with Gasteiger partial charge in [0, 0.05) is 52.8 Å². The summed E-state index contributed by atoms with van der Waals surface area (Å²) < 4.78 is 24.0. The van der Waals surface area contributed by atoms with Gasteiger partial charge in [-0.15, -0.1) is 11.8 Å². The van der Waals surface area contributed by atoms with Gasteiger partial charge in [0.1, 0.15) is 37.9 Å². The summed E-state index contributed by atoms with van der Waals surface area (Å²) in [4.78, 5) is 16.0. The van der Waals surface area contributed by atoms with E-state index in [1.165, 1.54) is 11.8 Å². The molecule has 0 bridgehead atoms. The van der Waals surface area contributed by atoms with Gasteiger partial charge in [0.2, 0.25) is 0 Å². The van der Waals surface area contributed by atoms with Crippen LogP contribution < -0.4 is 24.3 Å². The molecule has 0 fully saturated rings. The number of carboxylic acids is 1. The van der Waals surface area contributed by atoms with Crippen LogP contribution in [0.2, 0.25) is 5.02 Å². The highest BCUT2D eigenvalue weighted by Gasteiger charge is 2.16. The van der Waals surface area contributed by atoms with Crippen LogP contribution in [0.5, 0.6) is 23.0 Å². The van der Waals surface area contributed by atoms with Gasteiger partial charge >= 0.3 is 5.97 Å². The van der Waals surface area contributed by atoms with Crippen molar-refractivity contribution in [2.45, 2.75) is 51.0 Å². The molecule has 0 radical (unpaired) electrons. The Morgan fingerprint density at radius 3 is 2.63 bits per heavy atom. The normalized spacial score (nSPS) is 12.9. The molecular weight excluding hydrogens is 628 g/mol. The third-order valence-corrected chi connectivity index (χ3v) is 8.72. The first-order chi connectivity index (χ1) is 22.3. The number of nitrogens with one attached hydrogen (secondary N) is 1. The van der Waals surface area contributed by atoms with Gasteiger partial charge in [-0.05, 0) is 60.4 Å². The summed E-state index contributed by atoms with van der Waals surface area (Å²) in [5.41, 5.74) is 5.85. The Balaban J connectivity index is 1.33. The smallest absolute Gasteiger partial charge is 0.304 e. The van der Waals surface area contributed by atoms with E-state index >= 15 is 0 Å². The van der Waals surface area contributed by atoms with E-state index in [0.717, 1.165) is 49.8 Å². The third-order valence-electron chi connectivity index (χ3n) is 7.46. The Bertz CT molecular complexity index is 1670. The number of halogens is 1. The van der Waals surface area contributed by atoms with Crippen molar-refractivity contribution in [3.8, 4) is 34.1 Å². The topological polar surface area (TPSA) is 119 Å². The first kappa shape index (κ1) is 33.4. The Labute approximate surface area is 277 Å². The van der Waals surface area contributed by atoms with Gasteiger partial charge in [-0.3, -0.25) is 9.78 Å². The van der Waals surface area contributed by atoms with Crippen LogP contribution in [0.15, 0.2) is 71.9 Å². The summed E-state index contributed by atoms with van der Waals surface area (Å²) >= 11 is 8.16. The summed E-state index contributed by atoms with van der Waals surface area (Å²) in [5.74, 6) is 2.19. The van der Waals surface area contributed by atoms with Gasteiger partial charge in [0.25, 0.3) is 0 Å². The molecule has 0 amide bonds. The number of aliphatic hydroxyl groups excluding tert-OH is 1. The van der Waals surface area contributed by atoms with Crippen LogP contribution in [0.4, 0.5) is 0 Å². The largest absolute Gasteiger partial charge is 0.488 e. The van der Waals surface area contributed by atoms with Crippen LogP contribution in [-0.2, 0) is 24.6 Å². The average molecular weight is 665 g/mol. The fourth-order valence-electron chi connectivity index (χ4n) is 4.87. The standard InChI is InChI=1S/C35H37ClN2O7S/c1-22(19-39)38-17-27-13-30(36)33(15-32(27)44-20-24-12-28(18-37-16-24)46-11-8-35(40)41)45-21-26-4-3-5-29(23(26)2)25-6-7-31-34(14-25)43-10-9-42-31/h3-7,12-16,18,22,38-39H,8-11,17,19-21H2,1-2H3,(H,40,41). The Kier molecular flexibility index (Phi) is 11.7. The number of carbonyl (C=O) groups is 1. The van der Waals surface area contributed by atoms with Crippen molar-refractivity contribution in [3.63, 3.8) is 0 Å². The lowest BCUT2D eigenvalue weighted by Crippen LogP contribution is -2.28. The Hall–Kier alpha value is -3.96. The van der Waals surface area contributed by atoms with Crippen LogP contribution in [0.3, 0.4) is 0 Å². The minimum absolute atomic E-state index is 0.00615. The molecule has 1 aromatic heterocycles. The highest BCUT2D eigenvalue weighted by Crippen LogP contribution is 2.37. The first-order valence-corrected chi connectivity index (χ1v) is 16.4. The van der Waals surface area contributed by atoms with Crippen LogP contribution in [-0.4, -0.2) is 52.8 Å². The SMILES string of the molecule is Cc1c(COc2cc(OCc3cncc(SCCC(=O)O)c3)c(CNC(C)CO)cc2Cl)cccc1-c1ccc2c(c1)OCCO2. The number of aliphatic hydroxyl groups is 1. The van der Waals surface area contributed by atoms with E-state index in [4.69, 9.17) is 35.7 Å². The van der Waals surface area contributed by atoms with Crippen LogP contribution in [0, 0.1) is 6.92 Å². The fraction of sp³-hybridized carbons (Fsp3) is 0.314. The van der Waals surface area contributed by atoms with E-state index in [9.17, 15) is 9.90 Å². The second-order valence-electron chi connectivity index (χ2n) is 10.9. The number of thioether (sulfide) groups is 1. The van der Waals surface area contributed by atoms with Gasteiger partial charge in [-0.1, -0.05) is 35.9 Å². The number of carboxylic acid groups (broad SMARTS) is 1. The van der Waals surface area contributed by atoms with Gasteiger partial charge in [-0.25, -0.2) is 0 Å². The molecule has 11 heteroatoms. The van der Waals surface area contributed by atoms with Crippen molar-refractivity contribution < 1.29 is 34.0 Å². The monoisotopic (exact) mass is 664 g/mol. The second-order valence-corrected chi connectivity index (χ2v) is 12.5. The average Bonchev–Trinajstić information content (AvgIpc) is 3.06. The lowest BCUT2D eigenvalue weighted by Gasteiger charge is -2.20. The predicted molar refractivity (Wildman–Crippen MR) is 178 cm³/mol. The highest BCUT2D eigenvalue weighted by molar-refractivity contribution is 7.99. The molecule has 242 valence electrons. The molecule has 1 atom stereocenters. The molecule has 0 spiro atoms. The summed E-state index contributed by atoms with van der Waals surface area (Å²) in [6.07, 6.45) is 3.50. The van der Waals surface area contributed by atoms with E-state index in [2.05, 4.69) is 23.3 Å². The molecule has 9 nitrogen and oxygen atoms in total. The number of benzene rings is 3. The van der Waals surface area contributed by atoms with E-state index < -0.39 is 5.97 Å². The van der Waals surface area contributed by atoms with Crippen molar-refractivity contribution in [3.05, 3.63) is 94.3 Å². The number of ether oxygens (including phenoxy) is 4. The maximum absolute atomic E-state index is 10.9. The second kappa shape index (κ2) is 16.0. The van der Waals surface area contributed by atoms with Gasteiger partial charge < -0.3 is 34.5 Å². The highest BCUT2D eigenvalue weighted by atomic mass is 35.5. The Morgan fingerprint density at radius 1 is 1.02 bits per heavy atom. The summed E-state index contributed by atoms with van der Waals surface area (Å²) in [6, 6.07) is 17.5. The van der Waals surface area contributed by atoms with Crippen molar-refractivity contribution in [2.24, 2.45) is 0 Å². The molecule has 0 saturated carbocycles. The van der Waals surface area contributed by atoms with E-state index in [1.807, 2.05) is 49.4 Å². The zero-order chi connectivity index (χ0) is 32.5. The van der Waals surface area contributed by atoms with E-state index in [0.29, 0.717) is 48.6 Å². The molecule has 2 heterocycles. The third kappa shape index (κ3) is 8.85. The van der Waals surface area contributed by atoms with E-state index in [-0.39, 0.29) is 25.7 Å². The number of hydrogen-bond donors (Lipinski definition) is 3. The fourth-order valence-corrected chi connectivity index (χ4v) is 5.99. The number of aliphatic carboxylic acids is 1. The van der Waals surface area contributed by atoms with Crippen LogP contribution in [0.1, 0.15) is 35.6 Å². The molecular formula is C35H37ClN2O7S. The summed E-state index contributed by atoms with van der Waals surface area (Å²) in [7, 11) is 0. The molecule has 1 aliphatic rings. The van der Waals surface area contributed by atoms with Crippen molar-refractivity contribution in [2.75, 3.05) is 25.6 Å². The number of pyridine rings is 1. The number of aromatic nitrogens is 1. The van der Waals surface area contributed by atoms with Gasteiger partial charge in [0.05, 0.1) is 18.1 Å². The Morgan fingerprint density at radius 2 is 1.83 bits per heavy atom. The van der Waals surface area contributed by atoms with Gasteiger partial charge in [0.15, 0.2) is 11.5 Å². The lowest BCUT2D eigenvalue weighted by molar-refractivity contribution is -0.136. The molecule has 0 saturated heterocycles. The summed E-state index contributed by atoms with van der Waals surface area (Å²) in [5, 5.41) is 22.2. The van der Waals surface area contributed by atoms with Crippen molar-refractivity contribution in [1.82, 2.24) is 10.3 Å². The van der Waals surface area contributed by atoms with Crippen molar-refractivity contribution in [1.29, 1.82) is 0 Å².